The van der Waals surface area contributed by atoms with Crippen LogP contribution in [0.4, 0.5) is 4.79 Å². The molecular weight excluding hydrogens is 436 g/mol. The minimum atomic E-state index is -0.708. The van der Waals surface area contributed by atoms with Gasteiger partial charge in [0.25, 0.3) is 16.7 Å². The molecule has 3 heterocycles. The zero-order chi connectivity index (χ0) is 22.7. The third-order valence-electron chi connectivity index (χ3n) is 5.38. The number of carbonyl (C=O) groups excluding carboxylic acids is 4. The number of carbonyl (C=O) groups is 4. The molecule has 0 radical (unpaired) electrons. The molecule has 0 spiro atoms. The minimum Gasteiger partial charge on any atom is -0.452 e. The molecule has 4 rings (SSSR count). The lowest BCUT2D eigenvalue weighted by atomic mass is 10.1. The summed E-state index contributed by atoms with van der Waals surface area (Å²) in [4.78, 5) is 65.7. The Kier molecular flexibility index (Phi) is 6.54. The van der Waals surface area contributed by atoms with E-state index < -0.39 is 18.5 Å². The average molecular weight is 458 g/mol. The lowest BCUT2D eigenvalue weighted by Crippen LogP contribution is -2.38. The lowest BCUT2D eigenvalue weighted by molar-refractivity contribution is -0.126. The van der Waals surface area contributed by atoms with Crippen LogP contribution in [0.5, 0.6) is 0 Å². The predicted octanol–water partition coefficient (Wildman–Crippen LogP) is 1.09. The number of ether oxygens (including phenoxy) is 1. The van der Waals surface area contributed by atoms with Crippen molar-refractivity contribution in [2.45, 2.75) is 32.2 Å². The molecule has 2 aliphatic heterocycles. The molecule has 32 heavy (non-hydrogen) atoms. The Morgan fingerprint density at radius 1 is 1.16 bits per heavy atom. The lowest BCUT2D eigenvalue weighted by Gasteiger charge is -2.13. The third-order valence-corrected chi connectivity index (χ3v) is 6.24. The van der Waals surface area contributed by atoms with Crippen molar-refractivity contribution in [3.05, 3.63) is 39.9 Å². The second-order valence-corrected chi connectivity index (χ2v) is 8.48. The number of rotatable bonds is 6. The van der Waals surface area contributed by atoms with Crippen LogP contribution in [-0.4, -0.2) is 62.9 Å². The van der Waals surface area contributed by atoms with Crippen LogP contribution in [0.2, 0.25) is 0 Å². The van der Waals surface area contributed by atoms with Gasteiger partial charge in [0, 0.05) is 26.1 Å². The van der Waals surface area contributed by atoms with Crippen molar-refractivity contribution >= 4 is 45.7 Å². The van der Waals surface area contributed by atoms with Crippen LogP contribution in [0.1, 0.15) is 35.4 Å². The molecule has 0 bridgehead atoms. The van der Waals surface area contributed by atoms with Gasteiger partial charge in [0.05, 0.1) is 22.2 Å². The third kappa shape index (κ3) is 4.67. The monoisotopic (exact) mass is 458 g/mol. The van der Waals surface area contributed by atoms with Gasteiger partial charge in [0.1, 0.15) is 5.82 Å². The summed E-state index contributed by atoms with van der Waals surface area (Å²) in [6.07, 6.45) is 3.67. The predicted molar refractivity (Wildman–Crippen MR) is 116 cm³/mol. The number of nitrogens with one attached hydrogen (secondary N) is 1. The first kappa shape index (κ1) is 22.0. The largest absolute Gasteiger partial charge is 0.452 e. The van der Waals surface area contributed by atoms with Crippen LogP contribution >= 0.6 is 11.8 Å². The van der Waals surface area contributed by atoms with Gasteiger partial charge in [-0.05, 0) is 31.0 Å². The van der Waals surface area contributed by atoms with E-state index in [9.17, 15) is 24.0 Å². The Morgan fingerprint density at radius 3 is 2.78 bits per heavy atom. The van der Waals surface area contributed by atoms with Gasteiger partial charge in [-0.25, -0.2) is 9.78 Å². The zero-order valence-corrected chi connectivity index (χ0v) is 18.1. The first-order chi connectivity index (χ1) is 15.4. The van der Waals surface area contributed by atoms with Gasteiger partial charge in [-0.3, -0.25) is 28.6 Å². The van der Waals surface area contributed by atoms with Crippen LogP contribution in [0.25, 0.3) is 10.9 Å². The van der Waals surface area contributed by atoms with Crippen molar-refractivity contribution in [2.75, 3.05) is 25.4 Å². The number of benzene rings is 1. The molecule has 0 saturated carbocycles. The van der Waals surface area contributed by atoms with Gasteiger partial charge >= 0.3 is 5.97 Å². The van der Waals surface area contributed by atoms with Gasteiger partial charge in [0.2, 0.25) is 5.91 Å². The summed E-state index contributed by atoms with van der Waals surface area (Å²) >= 11 is 0.924. The van der Waals surface area contributed by atoms with E-state index in [4.69, 9.17) is 4.74 Å². The molecule has 2 aliphatic rings. The van der Waals surface area contributed by atoms with Crippen molar-refractivity contribution in [1.29, 1.82) is 0 Å². The highest BCUT2D eigenvalue weighted by Gasteiger charge is 2.29. The van der Waals surface area contributed by atoms with Crippen LogP contribution in [0.15, 0.2) is 23.0 Å². The molecule has 2 aromatic rings. The maximum atomic E-state index is 12.8. The van der Waals surface area contributed by atoms with Gasteiger partial charge in [-0.2, -0.15) is 0 Å². The minimum absolute atomic E-state index is 0.0700. The van der Waals surface area contributed by atoms with E-state index in [1.807, 2.05) is 0 Å². The number of hydrogen-bond acceptors (Lipinski definition) is 8. The standard InChI is InChI=1S/C21H22N4O6S/c26-17(22-7-9-25-18(27)12-32-21(25)30)11-31-20(29)13-5-6-14-15(10-13)23-16-4-2-1-3-8-24(16)19(14)28/h5-6,10H,1-4,7-9,11-12H2,(H,22,26). The molecule has 0 atom stereocenters. The number of nitrogens with zero attached hydrogens (tertiary/aromatic N) is 3. The van der Waals surface area contributed by atoms with Crippen LogP contribution in [0, 0.1) is 0 Å². The number of aryl methyl sites for hydroxylation is 1. The first-order valence-corrected chi connectivity index (χ1v) is 11.4. The number of fused-ring (bicyclic) bond motifs is 2. The van der Waals surface area contributed by atoms with Crippen molar-refractivity contribution in [1.82, 2.24) is 19.8 Å². The molecular formula is C21H22N4O6S. The van der Waals surface area contributed by atoms with Crippen LogP contribution in [0.3, 0.4) is 0 Å². The number of amides is 3. The fourth-order valence-corrected chi connectivity index (χ4v) is 4.47. The molecule has 1 N–H and O–H groups in total. The van der Waals surface area contributed by atoms with Crippen LogP contribution in [-0.2, 0) is 27.3 Å². The van der Waals surface area contributed by atoms with E-state index in [1.54, 1.807) is 10.6 Å². The highest BCUT2D eigenvalue weighted by molar-refractivity contribution is 8.14. The molecule has 1 aromatic carbocycles. The Bertz CT molecular complexity index is 1140. The van der Waals surface area contributed by atoms with Crippen molar-refractivity contribution < 1.29 is 23.9 Å². The number of esters is 1. The maximum Gasteiger partial charge on any atom is 0.338 e. The Labute approximate surface area is 187 Å². The molecule has 0 unspecified atom stereocenters. The summed E-state index contributed by atoms with van der Waals surface area (Å²) in [5.41, 5.74) is 0.514. The fourth-order valence-electron chi connectivity index (χ4n) is 3.71. The van der Waals surface area contributed by atoms with E-state index in [0.717, 1.165) is 41.7 Å². The molecule has 11 heteroatoms. The van der Waals surface area contributed by atoms with E-state index in [-0.39, 0.29) is 41.1 Å². The number of hydrogen-bond donors (Lipinski definition) is 1. The second-order valence-electron chi connectivity index (χ2n) is 7.55. The van der Waals surface area contributed by atoms with Crippen LogP contribution < -0.4 is 10.9 Å². The van der Waals surface area contributed by atoms with Crippen molar-refractivity contribution in [2.24, 2.45) is 0 Å². The fraction of sp³-hybridized carbons (Fsp3) is 0.429. The highest BCUT2D eigenvalue weighted by Crippen LogP contribution is 2.18. The molecule has 1 saturated heterocycles. The Balaban J connectivity index is 1.35. The quantitative estimate of drug-likeness (QED) is 0.637. The Morgan fingerprint density at radius 2 is 2.00 bits per heavy atom. The molecule has 3 amide bonds. The summed E-state index contributed by atoms with van der Waals surface area (Å²) < 4.78 is 6.76. The number of thioether (sulfide) groups is 1. The first-order valence-electron chi connectivity index (χ1n) is 10.4. The summed E-state index contributed by atoms with van der Waals surface area (Å²) in [5, 5.41) is 2.61. The number of aromatic nitrogens is 2. The molecule has 1 fully saturated rings. The highest BCUT2D eigenvalue weighted by atomic mass is 32.2. The van der Waals surface area contributed by atoms with Crippen molar-refractivity contribution in [3.63, 3.8) is 0 Å². The summed E-state index contributed by atoms with van der Waals surface area (Å²) in [6, 6.07) is 4.55. The van der Waals surface area contributed by atoms with Gasteiger partial charge in [0.15, 0.2) is 6.61 Å². The summed E-state index contributed by atoms with van der Waals surface area (Å²) in [5.74, 6) is -0.714. The number of imide groups is 1. The maximum absolute atomic E-state index is 12.8. The topological polar surface area (TPSA) is 128 Å². The van der Waals surface area contributed by atoms with E-state index >= 15 is 0 Å². The van der Waals surface area contributed by atoms with E-state index in [2.05, 4.69) is 10.3 Å². The molecule has 1 aromatic heterocycles. The average Bonchev–Trinajstić information content (AvgIpc) is 2.96. The van der Waals surface area contributed by atoms with Gasteiger partial charge in [-0.15, -0.1) is 0 Å². The Hall–Kier alpha value is -3.21. The summed E-state index contributed by atoms with van der Waals surface area (Å²) in [7, 11) is 0. The smallest absolute Gasteiger partial charge is 0.338 e. The van der Waals surface area contributed by atoms with E-state index in [1.165, 1.54) is 12.1 Å². The molecule has 10 nitrogen and oxygen atoms in total. The van der Waals surface area contributed by atoms with Crippen molar-refractivity contribution in [3.8, 4) is 0 Å². The van der Waals surface area contributed by atoms with E-state index in [0.29, 0.717) is 23.9 Å². The summed E-state index contributed by atoms with van der Waals surface area (Å²) in [6.45, 7) is 0.284. The normalized spacial score (nSPS) is 16.1. The van der Waals surface area contributed by atoms with Gasteiger partial charge < -0.3 is 10.1 Å². The van der Waals surface area contributed by atoms with Gasteiger partial charge in [-0.1, -0.05) is 18.2 Å². The second kappa shape index (κ2) is 9.51. The molecule has 0 aliphatic carbocycles. The zero-order valence-electron chi connectivity index (χ0n) is 17.3. The SMILES string of the molecule is O=C(COC(=O)c1ccc2c(=O)n3c(nc2c1)CCCCC3)NCCN1C(=O)CSC1=O. The molecule has 168 valence electrons.